The number of amides is 3. The summed E-state index contributed by atoms with van der Waals surface area (Å²) in [7, 11) is 0. The molecule has 11 heteroatoms. The molecule has 1 aromatic heterocycles. The molecule has 0 aliphatic rings. The number of hydrogen-bond donors (Lipinski definition) is 3. The highest BCUT2D eigenvalue weighted by Gasteiger charge is 2.19. The summed E-state index contributed by atoms with van der Waals surface area (Å²) in [6.07, 6.45) is 0. The van der Waals surface area contributed by atoms with Crippen molar-refractivity contribution in [3.8, 4) is 11.5 Å². The van der Waals surface area contributed by atoms with Crippen LogP contribution in [0.3, 0.4) is 0 Å². The van der Waals surface area contributed by atoms with Crippen LogP contribution < -0.4 is 16.4 Å². The summed E-state index contributed by atoms with van der Waals surface area (Å²) in [6, 6.07) is 6.50. The molecule has 8 nitrogen and oxygen atoms in total. The Kier molecular flexibility index (Phi) is 4.99. The van der Waals surface area contributed by atoms with E-state index < -0.39 is 29.1 Å². The van der Waals surface area contributed by atoms with Gasteiger partial charge >= 0.3 is 12.0 Å². The molecule has 0 unspecified atom stereocenters. The third kappa shape index (κ3) is 4.01. The fraction of sp³-hybridized carbons (Fsp3) is 0. The van der Waals surface area contributed by atoms with Gasteiger partial charge in [0.25, 0.3) is 11.8 Å². The number of halogens is 3. The maximum Gasteiger partial charge on any atom is 0.326 e. The molecule has 138 valence electrons. The molecule has 3 aromatic rings. The third-order valence-electron chi connectivity index (χ3n) is 3.33. The largest absolute Gasteiger partial charge is 0.403 e. The van der Waals surface area contributed by atoms with Crippen LogP contribution in [0, 0.1) is 11.6 Å². The van der Waals surface area contributed by atoms with Crippen molar-refractivity contribution in [1.82, 2.24) is 15.5 Å². The van der Waals surface area contributed by atoms with Gasteiger partial charge in [-0.15, -0.1) is 5.10 Å². The number of nitrogens with zero attached hydrogens (tertiary/aromatic N) is 2. The first-order valence-electron chi connectivity index (χ1n) is 7.30. The van der Waals surface area contributed by atoms with E-state index in [0.717, 1.165) is 0 Å². The van der Waals surface area contributed by atoms with Gasteiger partial charge in [-0.05, 0) is 24.3 Å². The lowest BCUT2D eigenvalue weighted by atomic mass is 10.2. The standard InChI is InChI=1S/C16H10ClF2N5O3/c17-9-6-11(19)10(18)5-8(9)13(25)22-16(26)21-12-4-2-1-3-7(12)14-23-24-15(20)27-14/h1-6H,(H2,20,24)(H2,21,22,25,26). The lowest BCUT2D eigenvalue weighted by Crippen LogP contribution is -2.34. The SMILES string of the molecule is Nc1nnc(-c2ccccc2NC(=O)NC(=O)c2cc(F)c(F)cc2Cl)o1. The fourth-order valence-electron chi connectivity index (χ4n) is 2.14. The van der Waals surface area contributed by atoms with Crippen LogP contribution in [0.25, 0.3) is 11.5 Å². The van der Waals surface area contributed by atoms with E-state index in [0.29, 0.717) is 17.7 Å². The second-order valence-corrected chi connectivity index (χ2v) is 5.55. The number of nitrogens with two attached hydrogens (primary N) is 1. The van der Waals surface area contributed by atoms with Crippen molar-refractivity contribution in [1.29, 1.82) is 0 Å². The van der Waals surface area contributed by atoms with Gasteiger partial charge in [0.15, 0.2) is 11.6 Å². The van der Waals surface area contributed by atoms with Crippen LogP contribution in [-0.2, 0) is 0 Å². The van der Waals surface area contributed by atoms with E-state index in [1.54, 1.807) is 18.2 Å². The van der Waals surface area contributed by atoms with E-state index in [2.05, 4.69) is 15.5 Å². The number of imide groups is 1. The zero-order valence-electron chi connectivity index (χ0n) is 13.3. The van der Waals surface area contributed by atoms with Crippen molar-refractivity contribution < 1.29 is 22.8 Å². The predicted molar refractivity (Wildman–Crippen MR) is 92.0 cm³/mol. The Morgan fingerprint density at radius 2 is 1.81 bits per heavy atom. The van der Waals surface area contributed by atoms with E-state index in [-0.39, 0.29) is 22.6 Å². The molecule has 3 rings (SSSR count). The summed E-state index contributed by atoms with van der Waals surface area (Å²) in [4.78, 5) is 24.2. The molecule has 0 radical (unpaired) electrons. The van der Waals surface area contributed by atoms with Crippen molar-refractivity contribution in [2.45, 2.75) is 0 Å². The van der Waals surface area contributed by atoms with Crippen molar-refractivity contribution in [2.75, 3.05) is 11.1 Å². The molecule has 0 aliphatic carbocycles. The molecule has 2 aromatic carbocycles. The molecule has 0 aliphatic heterocycles. The van der Waals surface area contributed by atoms with Gasteiger partial charge in [0.1, 0.15) is 0 Å². The van der Waals surface area contributed by atoms with Gasteiger partial charge in [-0.1, -0.05) is 28.8 Å². The van der Waals surface area contributed by atoms with Crippen molar-refractivity contribution in [3.63, 3.8) is 0 Å². The molecule has 27 heavy (non-hydrogen) atoms. The zero-order valence-corrected chi connectivity index (χ0v) is 14.1. The Morgan fingerprint density at radius 3 is 2.52 bits per heavy atom. The fourth-order valence-corrected chi connectivity index (χ4v) is 2.38. The Hall–Kier alpha value is -3.53. The van der Waals surface area contributed by atoms with Crippen LogP contribution >= 0.6 is 11.6 Å². The number of aromatic nitrogens is 2. The smallest absolute Gasteiger partial charge is 0.326 e. The van der Waals surface area contributed by atoms with Gasteiger partial charge in [-0.2, -0.15) is 0 Å². The molecule has 0 saturated carbocycles. The number of benzene rings is 2. The molecule has 3 amide bonds. The number of hydrogen-bond acceptors (Lipinski definition) is 6. The van der Waals surface area contributed by atoms with Gasteiger partial charge < -0.3 is 15.5 Å². The molecular formula is C16H10ClF2N5O3. The van der Waals surface area contributed by atoms with E-state index in [1.807, 2.05) is 5.32 Å². The summed E-state index contributed by atoms with van der Waals surface area (Å²) in [5.74, 6) is -3.45. The maximum absolute atomic E-state index is 13.3. The number of carbonyl (C=O) groups excluding carboxylic acids is 2. The summed E-state index contributed by atoms with van der Waals surface area (Å²) < 4.78 is 31.5. The predicted octanol–water partition coefficient (Wildman–Crippen LogP) is 3.21. The Bertz CT molecular complexity index is 1040. The third-order valence-corrected chi connectivity index (χ3v) is 3.64. The number of rotatable bonds is 3. The molecule has 0 fully saturated rings. The van der Waals surface area contributed by atoms with E-state index in [1.165, 1.54) is 6.07 Å². The molecule has 0 spiro atoms. The lowest BCUT2D eigenvalue weighted by Gasteiger charge is -2.10. The van der Waals surface area contributed by atoms with Gasteiger partial charge in [-0.25, -0.2) is 13.6 Å². The zero-order chi connectivity index (χ0) is 19.6. The van der Waals surface area contributed by atoms with Crippen molar-refractivity contribution >= 4 is 35.2 Å². The maximum atomic E-state index is 13.3. The van der Waals surface area contributed by atoms with E-state index in [9.17, 15) is 18.4 Å². The lowest BCUT2D eigenvalue weighted by molar-refractivity contribution is 0.0966. The molecule has 0 bridgehead atoms. The highest BCUT2D eigenvalue weighted by Crippen LogP contribution is 2.27. The first-order chi connectivity index (χ1) is 12.8. The highest BCUT2D eigenvalue weighted by molar-refractivity contribution is 6.34. The minimum atomic E-state index is -1.27. The van der Waals surface area contributed by atoms with Gasteiger partial charge in [0.05, 0.1) is 21.8 Å². The second-order valence-electron chi connectivity index (χ2n) is 5.15. The van der Waals surface area contributed by atoms with Gasteiger partial charge in [0, 0.05) is 0 Å². The van der Waals surface area contributed by atoms with Crippen LogP contribution in [0.15, 0.2) is 40.8 Å². The van der Waals surface area contributed by atoms with Crippen LogP contribution in [0.5, 0.6) is 0 Å². The van der Waals surface area contributed by atoms with Gasteiger partial charge in [-0.3, -0.25) is 10.1 Å². The first kappa shape index (κ1) is 18.3. The number of para-hydroxylation sites is 1. The van der Waals surface area contributed by atoms with Crippen molar-refractivity contribution in [3.05, 3.63) is 58.6 Å². The van der Waals surface area contributed by atoms with Crippen LogP contribution in [0.4, 0.5) is 25.3 Å². The Balaban J connectivity index is 1.77. The van der Waals surface area contributed by atoms with Crippen LogP contribution in [0.1, 0.15) is 10.4 Å². The van der Waals surface area contributed by atoms with Crippen LogP contribution in [0.2, 0.25) is 5.02 Å². The second kappa shape index (κ2) is 7.38. The average Bonchev–Trinajstić information content (AvgIpc) is 3.04. The molecule has 4 N–H and O–H groups in total. The molecule has 0 saturated heterocycles. The summed E-state index contributed by atoms with van der Waals surface area (Å²) in [6.45, 7) is 0. The van der Waals surface area contributed by atoms with E-state index >= 15 is 0 Å². The monoisotopic (exact) mass is 393 g/mol. The Labute approximate surface area is 155 Å². The number of anilines is 2. The molecule has 1 heterocycles. The van der Waals surface area contributed by atoms with E-state index in [4.69, 9.17) is 21.8 Å². The molecular weight excluding hydrogens is 384 g/mol. The number of carbonyl (C=O) groups is 2. The molecule has 0 atom stereocenters. The summed E-state index contributed by atoms with van der Waals surface area (Å²) in [5, 5.41) is 11.3. The average molecular weight is 394 g/mol. The highest BCUT2D eigenvalue weighted by atomic mass is 35.5. The minimum absolute atomic E-state index is 0.0541. The number of urea groups is 1. The summed E-state index contributed by atoms with van der Waals surface area (Å²) >= 11 is 5.71. The number of nitrogen functional groups attached to an aromatic ring is 1. The minimum Gasteiger partial charge on any atom is -0.403 e. The van der Waals surface area contributed by atoms with Crippen LogP contribution in [-0.4, -0.2) is 22.1 Å². The normalized spacial score (nSPS) is 10.5. The quantitative estimate of drug-likeness (QED) is 0.587. The van der Waals surface area contributed by atoms with Gasteiger partial charge in [0.2, 0.25) is 0 Å². The summed E-state index contributed by atoms with van der Waals surface area (Å²) in [5.41, 5.74) is 5.58. The first-order valence-corrected chi connectivity index (χ1v) is 7.68. The topological polar surface area (TPSA) is 123 Å². The van der Waals surface area contributed by atoms with Crippen molar-refractivity contribution in [2.24, 2.45) is 0 Å². The number of nitrogens with one attached hydrogen (secondary N) is 2. The Morgan fingerprint density at radius 1 is 1.11 bits per heavy atom.